The Hall–Kier alpha value is -0.940. The van der Waals surface area contributed by atoms with Crippen molar-refractivity contribution in [2.75, 3.05) is 26.3 Å². The quantitative estimate of drug-likeness (QED) is 0.847. The first kappa shape index (κ1) is 15.0. The van der Waals surface area contributed by atoms with Crippen molar-refractivity contribution in [1.29, 1.82) is 0 Å². The van der Waals surface area contributed by atoms with Gasteiger partial charge in [0.05, 0.1) is 12.7 Å². The number of piperidine rings is 1. The average molecular weight is 293 g/mol. The number of nitrogens with zero attached hydrogens (tertiary/aromatic N) is 2. The van der Waals surface area contributed by atoms with Crippen LogP contribution in [-0.4, -0.2) is 59.4 Å². The Morgan fingerprint density at radius 1 is 1.24 bits per heavy atom. The maximum absolute atomic E-state index is 12.3. The van der Waals surface area contributed by atoms with Crippen LogP contribution in [-0.2, 0) is 9.59 Å². The average Bonchev–Trinajstić information content (AvgIpc) is 2.79. The lowest BCUT2D eigenvalue weighted by atomic mass is 9.83. The Morgan fingerprint density at radius 2 is 2.00 bits per heavy atom. The summed E-state index contributed by atoms with van der Waals surface area (Å²) in [5.41, 5.74) is -0.301. The number of carbonyl (C=O) groups excluding carboxylic acids is 2. The van der Waals surface area contributed by atoms with Crippen LogP contribution >= 0.6 is 0 Å². The lowest BCUT2D eigenvalue weighted by molar-refractivity contribution is -0.132. The van der Waals surface area contributed by atoms with Crippen LogP contribution in [0.2, 0.25) is 0 Å². The molecule has 1 saturated carbocycles. The zero-order valence-electron chi connectivity index (χ0n) is 13.1. The summed E-state index contributed by atoms with van der Waals surface area (Å²) in [6.07, 6.45) is 6.78. The second kappa shape index (κ2) is 6.05. The molecule has 0 bridgehead atoms. The Labute approximate surface area is 127 Å². The summed E-state index contributed by atoms with van der Waals surface area (Å²) in [6.45, 7) is 5.58. The number of hydrogen-bond acceptors (Lipinski definition) is 4. The van der Waals surface area contributed by atoms with Crippen LogP contribution in [0.3, 0.4) is 0 Å². The first-order valence-electron chi connectivity index (χ1n) is 8.47. The molecule has 118 valence electrons. The maximum atomic E-state index is 12.3. The Morgan fingerprint density at radius 3 is 2.67 bits per heavy atom. The summed E-state index contributed by atoms with van der Waals surface area (Å²) in [5.74, 6) is 0.615. The third-order valence-electron chi connectivity index (χ3n) is 5.54. The summed E-state index contributed by atoms with van der Waals surface area (Å²) < 4.78 is 0. The fraction of sp³-hybridized carbons (Fsp3) is 0.875. The van der Waals surface area contributed by atoms with Crippen molar-refractivity contribution in [1.82, 2.24) is 15.1 Å². The van der Waals surface area contributed by atoms with Gasteiger partial charge in [0.2, 0.25) is 5.91 Å². The van der Waals surface area contributed by atoms with Gasteiger partial charge in [-0.25, -0.2) is 0 Å². The predicted molar refractivity (Wildman–Crippen MR) is 80.8 cm³/mol. The van der Waals surface area contributed by atoms with Gasteiger partial charge < -0.3 is 5.32 Å². The molecule has 1 spiro atoms. The molecule has 1 amide bonds. The van der Waals surface area contributed by atoms with Crippen LogP contribution in [0.4, 0.5) is 0 Å². The van der Waals surface area contributed by atoms with Crippen LogP contribution in [0.25, 0.3) is 0 Å². The van der Waals surface area contributed by atoms with Gasteiger partial charge in [0.25, 0.3) is 0 Å². The Kier molecular flexibility index (Phi) is 4.31. The van der Waals surface area contributed by atoms with E-state index < -0.39 is 0 Å². The van der Waals surface area contributed by atoms with Crippen molar-refractivity contribution in [3.8, 4) is 0 Å². The molecule has 3 fully saturated rings. The van der Waals surface area contributed by atoms with E-state index in [1.165, 1.54) is 6.42 Å². The molecule has 5 nitrogen and oxygen atoms in total. The predicted octanol–water partition coefficient (Wildman–Crippen LogP) is 1.13. The van der Waals surface area contributed by atoms with E-state index in [2.05, 4.69) is 22.0 Å². The minimum Gasteiger partial charge on any atom is -0.342 e. The lowest BCUT2D eigenvalue weighted by Crippen LogP contribution is -2.58. The number of nitrogens with one attached hydrogen (secondary N) is 1. The van der Waals surface area contributed by atoms with Crippen molar-refractivity contribution in [3.63, 3.8) is 0 Å². The largest absolute Gasteiger partial charge is 0.342 e. The van der Waals surface area contributed by atoms with Gasteiger partial charge in [0.1, 0.15) is 11.3 Å². The van der Waals surface area contributed by atoms with Gasteiger partial charge in [-0.15, -0.1) is 0 Å². The van der Waals surface area contributed by atoms with Crippen molar-refractivity contribution < 1.29 is 9.59 Å². The second-order valence-corrected chi connectivity index (χ2v) is 6.72. The van der Waals surface area contributed by atoms with Crippen LogP contribution in [0.15, 0.2) is 0 Å². The van der Waals surface area contributed by atoms with Gasteiger partial charge in [0.15, 0.2) is 0 Å². The third kappa shape index (κ3) is 2.61. The van der Waals surface area contributed by atoms with Crippen LogP contribution in [0.1, 0.15) is 51.9 Å². The number of hydrogen-bond donors (Lipinski definition) is 1. The number of likely N-dealkylation sites (tertiary alicyclic amines) is 1. The van der Waals surface area contributed by atoms with Gasteiger partial charge in [-0.1, -0.05) is 13.3 Å². The Balaban J connectivity index is 1.66. The molecule has 3 rings (SSSR count). The van der Waals surface area contributed by atoms with Crippen LogP contribution in [0.5, 0.6) is 0 Å². The van der Waals surface area contributed by atoms with E-state index >= 15 is 0 Å². The number of rotatable bonds is 3. The molecule has 0 aromatic heterocycles. The van der Waals surface area contributed by atoms with Crippen molar-refractivity contribution in [2.24, 2.45) is 0 Å². The first-order chi connectivity index (χ1) is 10.2. The summed E-state index contributed by atoms with van der Waals surface area (Å²) in [7, 11) is 0. The van der Waals surface area contributed by atoms with Gasteiger partial charge in [0, 0.05) is 26.1 Å². The van der Waals surface area contributed by atoms with E-state index in [0.29, 0.717) is 12.5 Å². The fourth-order valence-electron chi connectivity index (χ4n) is 4.29. The van der Waals surface area contributed by atoms with Gasteiger partial charge in [-0.05, 0) is 32.1 Å². The van der Waals surface area contributed by atoms with E-state index in [1.807, 2.05) is 0 Å². The molecule has 1 N–H and O–H groups in total. The Bertz CT molecular complexity index is 416. The van der Waals surface area contributed by atoms with E-state index in [9.17, 15) is 9.59 Å². The number of Topliss-reactive ketones (excluding diaryl/α,β-unsaturated/α-hetero) is 1. The smallest absolute Gasteiger partial charge is 0.241 e. The number of ketones is 1. The zero-order chi connectivity index (χ0) is 14.9. The maximum Gasteiger partial charge on any atom is 0.241 e. The topological polar surface area (TPSA) is 52.7 Å². The molecular formula is C16H27N3O2. The molecule has 5 heteroatoms. The van der Waals surface area contributed by atoms with E-state index in [-0.39, 0.29) is 17.5 Å². The highest BCUT2D eigenvalue weighted by Crippen LogP contribution is 2.34. The highest BCUT2D eigenvalue weighted by Gasteiger charge is 2.50. The molecule has 3 aliphatic rings. The molecule has 0 aromatic carbocycles. The van der Waals surface area contributed by atoms with Crippen molar-refractivity contribution in [2.45, 2.75) is 63.5 Å². The van der Waals surface area contributed by atoms with Gasteiger partial charge in [-0.3, -0.25) is 19.4 Å². The molecule has 0 unspecified atom stereocenters. The molecule has 0 aromatic rings. The highest BCUT2D eigenvalue weighted by atomic mass is 16.2. The summed E-state index contributed by atoms with van der Waals surface area (Å²) in [5, 5.41) is 3.02. The monoisotopic (exact) mass is 293 g/mol. The van der Waals surface area contributed by atoms with Crippen LogP contribution < -0.4 is 5.32 Å². The molecule has 21 heavy (non-hydrogen) atoms. The van der Waals surface area contributed by atoms with Crippen molar-refractivity contribution >= 4 is 11.7 Å². The summed E-state index contributed by atoms with van der Waals surface area (Å²) in [6, 6.07) is 0.125. The SMILES string of the molecule is CCCN1CNC(=O)C12CCN([C@@H]1CCCCC1=O)CC2. The molecule has 2 heterocycles. The fourth-order valence-corrected chi connectivity index (χ4v) is 4.29. The lowest BCUT2D eigenvalue weighted by Gasteiger charge is -2.45. The number of carbonyl (C=O) groups is 2. The van der Waals surface area contributed by atoms with E-state index in [0.717, 1.165) is 58.2 Å². The molecule has 2 saturated heterocycles. The minimum absolute atomic E-state index is 0.125. The van der Waals surface area contributed by atoms with Gasteiger partial charge >= 0.3 is 0 Å². The molecule has 1 atom stereocenters. The van der Waals surface area contributed by atoms with E-state index in [4.69, 9.17) is 0 Å². The standard InChI is InChI=1S/C16H27N3O2/c1-2-9-19-12-17-15(21)16(19)7-10-18(11-8-16)13-5-3-4-6-14(13)20/h13H,2-12H2,1H3,(H,17,21)/t13-/m1/s1. The molecule has 1 aliphatic carbocycles. The first-order valence-corrected chi connectivity index (χ1v) is 8.47. The van der Waals surface area contributed by atoms with Crippen molar-refractivity contribution in [3.05, 3.63) is 0 Å². The molecule has 0 radical (unpaired) electrons. The summed E-state index contributed by atoms with van der Waals surface area (Å²) in [4.78, 5) is 29.1. The summed E-state index contributed by atoms with van der Waals surface area (Å²) >= 11 is 0. The number of amides is 1. The van der Waals surface area contributed by atoms with Gasteiger partial charge in [-0.2, -0.15) is 0 Å². The highest BCUT2D eigenvalue weighted by molar-refractivity contribution is 5.88. The van der Waals surface area contributed by atoms with Crippen LogP contribution in [0, 0.1) is 0 Å². The zero-order valence-corrected chi connectivity index (χ0v) is 13.1. The second-order valence-electron chi connectivity index (χ2n) is 6.72. The normalized spacial score (nSPS) is 30.8. The molecule has 2 aliphatic heterocycles. The minimum atomic E-state index is -0.301. The third-order valence-corrected chi connectivity index (χ3v) is 5.54. The molecular weight excluding hydrogens is 266 g/mol. The van der Waals surface area contributed by atoms with E-state index in [1.54, 1.807) is 0 Å².